The van der Waals surface area contributed by atoms with Crippen molar-refractivity contribution in [2.24, 2.45) is 0 Å². The van der Waals surface area contributed by atoms with Crippen LogP contribution in [0.3, 0.4) is 0 Å². The number of amides is 8. The molecule has 9 rings (SSSR count). The highest BCUT2D eigenvalue weighted by molar-refractivity contribution is 5.82. The van der Waals surface area contributed by atoms with Gasteiger partial charge < -0.3 is 115 Å². The lowest BCUT2D eigenvalue weighted by Gasteiger charge is -2.26. The molecule has 8 aromatic rings. The highest BCUT2D eigenvalue weighted by Crippen LogP contribution is 2.48. The highest BCUT2D eigenvalue weighted by atomic mass is 16.5. The number of benzene rings is 8. The Kier molecular flexibility index (Phi) is 44.6. The van der Waals surface area contributed by atoms with E-state index in [1.807, 2.05) is 208 Å². The first-order chi connectivity index (χ1) is 69.5. The van der Waals surface area contributed by atoms with E-state index in [9.17, 15) is 38.4 Å². The lowest BCUT2D eigenvalue weighted by Crippen LogP contribution is -2.35. The molecule has 0 saturated heterocycles. The molecule has 144 heavy (non-hydrogen) atoms. The predicted octanol–water partition coefficient (Wildman–Crippen LogP) is 14.8. The van der Waals surface area contributed by atoms with Crippen LogP contribution in [-0.4, -0.2) is 301 Å². The fraction of sp³-hybridized carbons (Fsp3) is 0.500. The summed E-state index contributed by atoms with van der Waals surface area (Å²) >= 11 is 0. The maximum absolute atomic E-state index is 14.7. The molecule has 32 nitrogen and oxygen atoms in total. The van der Waals surface area contributed by atoms with Crippen LogP contribution >= 0.6 is 0 Å². The number of ether oxygens (including phenoxy) is 16. The van der Waals surface area contributed by atoms with Crippen LogP contribution in [-0.2, 0) is 89.7 Å². The number of fused-ring (bicyclic) bond motifs is 16. The predicted molar refractivity (Wildman–Crippen MR) is 554 cm³/mol. The Bertz CT molecular complexity index is 4460. The molecule has 8 amide bonds. The zero-order valence-corrected chi connectivity index (χ0v) is 89.2. The van der Waals surface area contributed by atoms with E-state index in [1.54, 1.807) is 96.1 Å². The van der Waals surface area contributed by atoms with Gasteiger partial charge in [-0.2, -0.15) is 0 Å². The normalized spacial score (nSPS) is 11.7. The summed E-state index contributed by atoms with van der Waals surface area (Å²) in [6, 6.07) is 29.1. The number of hydrogen-bond donors (Lipinski definition) is 0. The minimum absolute atomic E-state index is 0.0537. The van der Waals surface area contributed by atoms with Crippen molar-refractivity contribution in [2.45, 2.75) is 162 Å². The molecule has 16 bridgehead atoms. The smallest absolute Gasteiger partial charge is 0.260 e. The van der Waals surface area contributed by atoms with Gasteiger partial charge in [-0.05, 0) is 208 Å². The van der Waals surface area contributed by atoms with Gasteiger partial charge in [0.05, 0.1) is 56.9 Å². The van der Waals surface area contributed by atoms with Gasteiger partial charge in [0.2, 0.25) is 0 Å². The first-order valence-corrected chi connectivity index (χ1v) is 50.4. The van der Waals surface area contributed by atoms with Crippen molar-refractivity contribution in [3.05, 3.63) is 186 Å². The average molecular weight is 1990 g/mol. The van der Waals surface area contributed by atoms with E-state index in [4.69, 9.17) is 75.8 Å². The van der Waals surface area contributed by atoms with Gasteiger partial charge in [-0.3, -0.25) is 38.4 Å². The van der Waals surface area contributed by atoms with Crippen molar-refractivity contribution in [1.29, 1.82) is 0 Å². The third kappa shape index (κ3) is 29.3. The van der Waals surface area contributed by atoms with Gasteiger partial charge in [0.1, 0.15) is 92.0 Å². The fourth-order valence-corrected chi connectivity index (χ4v) is 18.4. The van der Waals surface area contributed by atoms with E-state index < -0.39 is 52.9 Å². The molecule has 1 aliphatic rings. The summed E-state index contributed by atoms with van der Waals surface area (Å²) in [5, 5.41) is 0. The van der Waals surface area contributed by atoms with E-state index >= 15 is 0 Å². The second-order valence-electron chi connectivity index (χ2n) is 34.4. The van der Waals surface area contributed by atoms with Gasteiger partial charge in [0.15, 0.2) is 52.9 Å². The van der Waals surface area contributed by atoms with Crippen LogP contribution in [0, 0.1) is 0 Å². The first-order valence-electron chi connectivity index (χ1n) is 50.4. The van der Waals surface area contributed by atoms with Crippen LogP contribution in [0.25, 0.3) is 0 Å². The van der Waals surface area contributed by atoms with E-state index in [1.165, 1.54) is 0 Å². The number of carbonyl (C=O) groups excluding carboxylic acids is 8. The van der Waals surface area contributed by atoms with Crippen molar-refractivity contribution in [2.75, 3.05) is 214 Å². The number of rotatable bonds is 48. The Hall–Kier alpha value is -13.7. The van der Waals surface area contributed by atoms with E-state index in [0.717, 1.165) is 0 Å². The second-order valence-corrected chi connectivity index (χ2v) is 34.4. The molecular weight excluding hydrogens is 1840 g/mol. The summed E-state index contributed by atoms with van der Waals surface area (Å²) < 4.78 is 107. The highest BCUT2D eigenvalue weighted by Gasteiger charge is 2.33. The van der Waals surface area contributed by atoms with Crippen LogP contribution in [0.1, 0.15) is 200 Å². The number of likely N-dealkylation sites (N-methyl/N-ethyl adjacent to an activating group) is 8. The minimum atomic E-state index is -0.433. The Morgan fingerprint density at radius 2 is 0.236 bits per heavy atom. The monoisotopic (exact) mass is 1990 g/mol. The molecule has 0 N–H and O–H groups in total. The van der Waals surface area contributed by atoms with Crippen molar-refractivity contribution in [3.63, 3.8) is 0 Å². The number of methoxy groups -OCH3 is 8. The summed E-state index contributed by atoms with van der Waals surface area (Å²) in [7, 11) is 12.3. The summed E-state index contributed by atoms with van der Waals surface area (Å²) in [5.74, 6) is 2.52. The fourth-order valence-electron chi connectivity index (χ4n) is 18.4. The third-order valence-electron chi connectivity index (χ3n) is 26.3. The zero-order chi connectivity index (χ0) is 105. The Balaban J connectivity index is 1.53. The molecule has 0 fully saturated rings. The van der Waals surface area contributed by atoms with E-state index in [0.29, 0.717) is 240 Å². The zero-order valence-electron chi connectivity index (χ0n) is 89.2. The van der Waals surface area contributed by atoms with Crippen LogP contribution < -0.4 is 75.8 Å². The maximum Gasteiger partial charge on any atom is 0.260 e. The average Bonchev–Trinajstić information content (AvgIpc) is 0.778. The lowest BCUT2D eigenvalue weighted by atomic mass is 9.90. The van der Waals surface area contributed by atoms with E-state index in [-0.39, 0.29) is 145 Å². The Morgan fingerprint density at radius 3 is 0.299 bits per heavy atom. The quantitative estimate of drug-likeness (QED) is 0.0342. The second kappa shape index (κ2) is 56.4. The summed E-state index contributed by atoms with van der Waals surface area (Å²) in [4.78, 5) is 131. The van der Waals surface area contributed by atoms with Crippen LogP contribution in [0.5, 0.6) is 92.0 Å². The molecule has 0 atom stereocenters. The molecule has 0 heterocycles. The number of nitrogens with zero attached hydrogens (tertiary/aromatic N) is 8. The molecule has 1 aliphatic carbocycles. The van der Waals surface area contributed by atoms with Gasteiger partial charge >= 0.3 is 0 Å². The molecule has 0 aromatic heterocycles. The first kappa shape index (κ1) is 114. The largest absolute Gasteiger partial charge is 0.497 e. The van der Waals surface area contributed by atoms with Crippen molar-refractivity contribution in [1.82, 2.24) is 39.2 Å². The minimum Gasteiger partial charge on any atom is -0.497 e. The summed E-state index contributed by atoms with van der Waals surface area (Å²) in [5.41, 5.74) is 7.77. The molecule has 0 spiro atoms. The Morgan fingerprint density at radius 1 is 0.160 bits per heavy atom. The summed E-state index contributed by atoms with van der Waals surface area (Å²) in [6.45, 7) is 32.8. The van der Waals surface area contributed by atoms with Crippen molar-refractivity contribution in [3.8, 4) is 92.0 Å². The maximum atomic E-state index is 14.7. The van der Waals surface area contributed by atoms with Crippen LogP contribution in [0.2, 0.25) is 0 Å². The van der Waals surface area contributed by atoms with Crippen molar-refractivity contribution < 1.29 is 114 Å². The number of carbonyl (C=O) groups is 8. The molecular formula is C112H152N8O24. The lowest BCUT2D eigenvalue weighted by molar-refractivity contribution is -0.133. The summed E-state index contributed by atoms with van der Waals surface area (Å²) in [6.07, 6.45) is -0.429. The number of hydrogen-bond acceptors (Lipinski definition) is 24. The standard InChI is InChI=1S/C112H152N8O24/c1-25-113(26-2)97(121)65-137-105-73-41-75-51-90(130-18)53-77(106(75)138-66-98(122)114(27-3)28-4)43-79-55-92(132-20)57-81(108(79)140-68-100(124)116(31-7)32-8)45-83-59-94(134-22)61-85(110(83)142-70-102(126)118(35-11)36-12)47-87-63-96(136-24)64-88(112(87)144-72-104(128)120(39-15)40-16)48-86-62-95(135-23)60-84(111(86)143-71-103(127)119(37-13)38-14)46-82-58-93(133-21)56-80(109(82)141-69-101(125)117(33-9)34-10)44-78-54-91(131-19)52-76(42-74(105)50-89(49-73)129-17)107(78)139-67-99(123)115(29-5)30-6/h49-64H,25-48,65-72H2,1-24H3. The molecule has 0 saturated carbocycles. The topological polar surface area (TPSA) is 310 Å². The van der Waals surface area contributed by atoms with Gasteiger partial charge in [-0.1, -0.05) is 0 Å². The van der Waals surface area contributed by atoms with Crippen LogP contribution in [0.15, 0.2) is 97.1 Å². The Labute approximate surface area is 850 Å². The van der Waals surface area contributed by atoms with Gasteiger partial charge in [0.25, 0.3) is 47.3 Å². The molecule has 0 unspecified atom stereocenters. The van der Waals surface area contributed by atoms with Crippen molar-refractivity contribution >= 4 is 47.3 Å². The molecule has 32 heteroatoms. The molecule has 8 aromatic carbocycles. The van der Waals surface area contributed by atoms with Gasteiger partial charge in [-0.15, -0.1) is 0 Å². The van der Waals surface area contributed by atoms with Crippen LogP contribution in [0.4, 0.5) is 0 Å². The van der Waals surface area contributed by atoms with E-state index in [2.05, 4.69) is 0 Å². The molecule has 0 aliphatic heterocycles. The van der Waals surface area contributed by atoms with Gasteiger partial charge in [0, 0.05) is 245 Å². The third-order valence-corrected chi connectivity index (χ3v) is 26.3. The van der Waals surface area contributed by atoms with Gasteiger partial charge in [-0.25, -0.2) is 0 Å². The molecule has 0 radical (unpaired) electrons. The molecule has 784 valence electrons. The SMILES string of the molecule is CCN(CC)C(=O)COc1c2cc(OC)cc1Cc1cc(OC)cc(c1OCC(=O)N(CC)CC)Cc1cc(OC)cc(c1OCC(=O)N(CC)CC)Cc1cc(OC)cc(c1OCC(=O)N(CC)CC)Cc1cc(OC)cc(c1OCC(=O)N(CC)CC)Cc1cc(OC)cc(c1OCC(=O)N(CC)CC)Cc1cc(OC)cc(c1OCC(=O)N(CC)CC)Cc1cc(OC)cc(c1OCC(=O)N(CC)CC)C2.